The molecule has 0 saturated heterocycles. The maximum Gasteiger partial charge on any atom is 0.239 e. The second-order valence-corrected chi connectivity index (χ2v) is 3.63. The number of anilines is 1. The number of halogens is 2. The molecule has 0 aliphatic carbocycles. The van der Waals surface area contributed by atoms with E-state index < -0.39 is 0 Å². The van der Waals surface area contributed by atoms with E-state index in [9.17, 15) is 4.79 Å². The Balaban J connectivity index is 2.88. The topological polar surface area (TPSA) is 38.3 Å². The van der Waals surface area contributed by atoms with Crippen LogP contribution in [0.2, 0.25) is 5.02 Å². The Kier molecular flexibility index (Phi) is 5.15. The first-order chi connectivity index (χ1) is 7.67. The molecule has 1 aromatic carbocycles. The van der Waals surface area contributed by atoms with Crippen LogP contribution in [0.15, 0.2) is 30.9 Å². The molecule has 0 unspecified atom stereocenters. The van der Waals surface area contributed by atoms with Crippen LogP contribution in [0.3, 0.4) is 0 Å². The van der Waals surface area contributed by atoms with E-state index in [1.807, 2.05) is 0 Å². The molecule has 0 saturated carbocycles. The molecule has 0 aromatic heterocycles. The molecule has 1 N–H and O–H groups in total. The SMILES string of the molecule is C=CCOc1ccc(Cl)cc1NC(=O)CCl. The van der Waals surface area contributed by atoms with E-state index in [1.165, 1.54) is 0 Å². The number of carbonyl (C=O) groups excluding carboxylic acids is 1. The van der Waals surface area contributed by atoms with Gasteiger partial charge in [-0.3, -0.25) is 4.79 Å². The Morgan fingerprint density at radius 3 is 2.94 bits per heavy atom. The van der Waals surface area contributed by atoms with Gasteiger partial charge in [0.1, 0.15) is 18.2 Å². The van der Waals surface area contributed by atoms with E-state index in [2.05, 4.69) is 11.9 Å². The van der Waals surface area contributed by atoms with Gasteiger partial charge in [0, 0.05) is 5.02 Å². The van der Waals surface area contributed by atoms with Crippen LogP contribution in [0.5, 0.6) is 5.75 Å². The van der Waals surface area contributed by atoms with Gasteiger partial charge >= 0.3 is 0 Å². The van der Waals surface area contributed by atoms with Crippen molar-refractivity contribution < 1.29 is 9.53 Å². The van der Waals surface area contributed by atoms with Gasteiger partial charge in [-0.2, -0.15) is 0 Å². The molecule has 1 amide bonds. The number of rotatable bonds is 5. The quantitative estimate of drug-likeness (QED) is 0.652. The van der Waals surface area contributed by atoms with Gasteiger partial charge in [0.25, 0.3) is 0 Å². The molecule has 0 heterocycles. The average Bonchev–Trinajstić information content (AvgIpc) is 2.28. The predicted octanol–water partition coefficient (Wildman–Crippen LogP) is 3.08. The number of alkyl halides is 1. The number of amides is 1. The van der Waals surface area contributed by atoms with E-state index in [4.69, 9.17) is 27.9 Å². The second-order valence-electron chi connectivity index (χ2n) is 2.92. The van der Waals surface area contributed by atoms with E-state index in [0.717, 1.165) is 0 Å². The first-order valence-corrected chi connectivity index (χ1v) is 5.47. The Bertz CT molecular complexity index is 394. The summed E-state index contributed by atoms with van der Waals surface area (Å²) in [5.41, 5.74) is 0.500. The summed E-state index contributed by atoms with van der Waals surface area (Å²) in [4.78, 5) is 11.2. The molecular formula is C11H11Cl2NO2. The van der Waals surface area contributed by atoms with Crippen molar-refractivity contribution in [1.29, 1.82) is 0 Å². The highest BCUT2D eigenvalue weighted by Crippen LogP contribution is 2.28. The van der Waals surface area contributed by atoms with Gasteiger partial charge in [-0.25, -0.2) is 0 Å². The minimum Gasteiger partial charge on any atom is -0.487 e. The average molecular weight is 260 g/mol. The lowest BCUT2D eigenvalue weighted by molar-refractivity contribution is -0.113. The molecule has 0 aliphatic heterocycles. The predicted molar refractivity (Wildman–Crippen MR) is 66.5 cm³/mol. The zero-order valence-corrected chi connectivity index (χ0v) is 10.0. The monoisotopic (exact) mass is 259 g/mol. The van der Waals surface area contributed by atoms with E-state index >= 15 is 0 Å². The second kappa shape index (κ2) is 6.40. The molecule has 1 aromatic rings. The van der Waals surface area contributed by atoms with Gasteiger partial charge in [0.05, 0.1) is 5.69 Å². The van der Waals surface area contributed by atoms with Crippen LogP contribution in [0.4, 0.5) is 5.69 Å². The number of ether oxygens (including phenoxy) is 1. The van der Waals surface area contributed by atoms with Gasteiger partial charge in [0.2, 0.25) is 5.91 Å². The molecular weight excluding hydrogens is 249 g/mol. The maximum atomic E-state index is 11.2. The highest BCUT2D eigenvalue weighted by molar-refractivity contribution is 6.31. The largest absolute Gasteiger partial charge is 0.487 e. The molecule has 1 rings (SSSR count). The Morgan fingerprint density at radius 1 is 1.56 bits per heavy atom. The summed E-state index contributed by atoms with van der Waals surface area (Å²) in [5, 5.41) is 3.11. The van der Waals surface area contributed by atoms with Crippen LogP contribution in [-0.2, 0) is 4.79 Å². The Labute approximate surface area is 104 Å². The van der Waals surface area contributed by atoms with Crippen LogP contribution in [0.1, 0.15) is 0 Å². The summed E-state index contributed by atoms with van der Waals surface area (Å²) in [5.74, 6) is 0.100. The Morgan fingerprint density at radius 2 is 2.31 bits per heavy atom. The summed E-state index contributed by atoms with van der Waals surface area (Å²) >= 11 is 11.2. The van der Waals surface area contributed by atoms with Gasteiger partial charge < -0.3 is 10.1 Å². The van der Waals surface area contributed by atoms with Crippen LogP contribution >= 0.6 is 23.2 Å². The van der Waals surface area contributed by atoms with Gasteiger partial charge in [-0.1, -0.05) is 24.3 Å². The summed E-state index contributed by atoms with van der Waals surface area (Å²) in [7, 11) is 0. The van der Waals surface area contributed by atoms with Crippen LogP contribution in [0.25, 0.3) is 0 Å². The van der Waals surface area contributed by atoms with Gasteiger partial charge in [0.15, 0.2) is 0 Å². The van der Waals surface area contributed by atoms with E-state index in [1.54, 1.807) is 24.3 Å². The van der Waals surface area contributed by atoms with Crippen LogP contribution in [-0.4, -0.2) is 18.4 Å². The minimum absolute atomic E-state index is 0.118. The zero-order chi connectivity index (χ0) is 12.0. The number of benzene rings is 1. The molecule has 0 aliphatic rings. The van der Waals surface area contributed by atoms with Crippen LogP contribution in [0, 0.1) is 0 Å². The third-order valence-corrected chi connectivity index (χ3v) is 2.17. The van der Waals surface area contributed by atoms with Crippen molar-refractivity contribution in [3.8, 4) is 5.75 Å². The summed E-state index contributed by atoms with van der Waals surface area (Å²) in [6.45, 7) is 3.89. The van der Waals surface area contributed by atoms with E-state index in [-0.39, 0.29) is 11.8 Å². The maximum absolute atomic E-state index is 11.2. The van der Waals surface area contributed by atoms with Crippen molar-refractivity contribution in [1.82, 2.24) is 0 Å². The van der Waals surface area contributed by atoms with Crippen molar-refractivity contribution in [2.45, 2.75) is 0 Å². The van der Waals surface area contributed by atoms with Crippen molar-refractivity contribution >= 4 is 34.8 Å². The molecule has 5 heteroatoms. The third-order valence-electron chi connectivity index (χ3n) is 1.69. The summed E-state index contributed by atoms with van der Waals surface area (Å²) in [6.07, 6.45) is 1.61. The van der Waals surface area contributed by atoms with Crippen molar-refractivity contribution in [3.63, 3.8) is 0 Å². The fourth-order valence-corrected chi connectivity index (χ4v) is 1.30. The lowest BCUT2D eigenvalue weighted by Gasteiger charge is -2.11. The van der Waals surface area contributed by atoms with Crippen molar-refractivity contribution in [3.05, 3.63) is 35.9 Å². The molecule has 16 heavy (non-hydrogen) atoms. The highest BCUT2D eigenvalue weighted by Gasteiger charge is 2.07. The first-order valence-electron chi connectivity index (χ1n) is 4.56. The van der Waals surface area contributed by atoms with Crippen molar-refractivity contribution in [2.24, 2.45) is 0 Å². The highest BCUT2D eigenvalue weighted by atomic mass is 35.5. The molecule has 86 valence electrons. The third kappa shape index (κ3) is 3.76. The molecule has 3 nitrogen and oxygen atoms in total. The van der Waals surface area contributed by atoms with E-state index in [0.29, 0.717) is 23.1 Å². The molecule has 0 bridgehead atoms. The molecule has 0 fully saturated rings. The van der Waals surface area contributed by atoms with Crippen LogP contribution < -0.4 is 10.1 Å². The fourth-order valence-electron chi connectivity index (χ4n) is 1.06. The molecule has 0 spiro atoms. The summed E-state index contributed by atoms with van der Waals surface area (Å²) in [6, 6.07) is 4.95. The number of nitrogens with one attached hydrogen (secondary N) is 1. The fraction of sp³-hybridized carbons (Fsp3) is 0.182. The molecule has 0 radical (unpaired) electrons. The number of hydrogen-bond acceptors (Lipinski definition) is 2. The van der Waals surface area contributed by atoms with Crippen molar-refractivity contribution in [2.75, 3.05) is 17.8 Å². The number of hydrogen-bond donors (Lipinski definition) is 1. The smallest absolute Gasteiger partial charge is 0.239 e. The Hall–Kier alpha value is -1.19. The minimum atomic E-state index is -0.313. The number of carbonyl (C=O) groups is 1. The summed E-state index contributed by atoms with van der Waals surface area (Å²) < 4.78 is 5.35. The lowest BCUT2D eigenvalue weighted by atomic mass is 10.3. The van der Waals surface area contributed by atoms with Gasteiger partial charge in [-0.05, 0) is 18.2 Å². The normalized spacial score (nSPS) is 9.62. The standard InChI is InChI=1S/C11H11Cl2NO2/c1-2-5-16-10-4-3-8(13)6-9(10)14-11(15)7-12/h2-4,6H,1,5,7H2,(H,14,15). The lowest BCUT2D eigenvalue weighted by Crippen LogP contribution is -2.13. The first kappa shape index (κ1) is 12.9. The molecule has 0 atom stereocenters. The van der Waals surface area contributed by atoms with Gasteiger partial charge in [-0.15, -0.1) is 11.6 Å². The zero-order valence-electron chi connectivity index (χ0n) is 8.50.